The van der Waals surface area contributed by atoms with Gasteiger partial charge < -0.3 is 5.11 Å². The molecule has 0 aliphatic heterocycles. The fraction of sp³-hybridized carbons (Fsp3) is 0.200. The van der Waals surface area contributed by atoms with Gasteiger partial charge in [-0.2, -0.15) is 0 Å². The third-order valence-electron chi connectivity index (χ3n) is 2.99. The third kappa shape index (κ3) is 3.15. The van der Waals surface area contributed by atoms with Gasteiger partial charge in [-0.1, -0.05) is 12.1 Å². The Labute approximate surface area is 109 Å². The molecule has 0 heterocycles. The molecule has 0 fully saturated rings. The van der Waals surface area contributed by atoms with Crippen LogP contribution in [0.15, 0.2) is 36.4 Å². The summed E-state index contributed by atoms with van der Waals surface area (Å²) in [5, 5.41) is 9.99. The van der Waals surface area contributed by atoms with Gasteiger partial charge in [0.25, 0.3) is 0 Å². The molecule has 0 aliphatic carbocycles. The Morgan fingerprint density at radius 1 is 1.00 bits per heavy atom. The quantitative estimate of drug-likeness (QED) is 0.898. The van der Waals surface area contributed by atoms with Crippen molar-refractivity contribution >= 4 is 0 Å². The molecule has 0 spiro atoms. The molecule has 1 unspecified atom stereocenters. The average molecular weight is 266 g/mol. The van der Waals surface area contributed by atoms with E-state index >= 15 is 0 Å². The fourth-order valence-corrected chi connectivity index (χ4v) is 1.90. The van der Waals surface area contributed by atoms with Crippen molar-refractivity contribution in [3.63, 3.8) is 0 Å². The van der Waals surface area contributed by atoms with Crippen LogP contribution in [-0.4, -0.2) is 5.11 Å². The maximum Gasteiger partial charge on any atom is 0.126 e. The summed E-state index contributed by atoms with van der Waals surface area (Å²) in [6.07, 6.45) is -1.06. The lowest BCUT2D eigenvalue weighted by atomic mass is 9.99. The van der Waals surface area contributed by atoms with E-state index in [1.54, 1.807) is 6.92 Å². The van der Waals surface area contributed by atoms with Crippen LogP contribution in [0.5, 0.6) is 0 Å². The molecule has 4 heteroatoms. The Hall–Kier alpha value is -1.81. The highest BCUT2D eigenvalue weighted by molar-refractivity contribution is 5.28. The Kier molecular flexibility index (Phi) is 3.90. The molecule has 19 heavy (non-hydrogen) atoms. The molecule has 0 saturated carbocycles. The molecule has 0 saturated heterocycles. The van der Waals surface area contributed by atoms with Crippen molar-refractivity contribution < 1.29 is 18.3 Å². The van der Waals surface area contributed by atoms with Gasteiger partial charge in [0, 0.05) is 6.42 Å². The minimum atomic E-state index is -1.00. The van der Waals surface area contributed by atoms with Crippen molar-refractivity contribution in [3.05, 3.63) is 70.5 Å². The summed E-state index contributed by atoms with van der Waals surface area (Å²) in [4.78, 5) is 0. The zero-order valence-corrected chi connectivity index (χ0v) is 10.3. The molecule has 0 bridgehead atoms. The van der Waals surface area contributed by atoms with Crippen LogP contribution in [-0.2, 0) is 6.42 Å². The van der Waals surface area contributed by atoms with Crippen molar-refractivity contribution in [1.29, 1.82) is 0 Å². The molecule has 1 N–H and O–H groups in total. The first-order valence-electron chi connectivity index (χ1n) is 5.85. The number of halogens is 3. The second-order valence-electron chi connectivity index (χ2n) is 4.46. The highest BCUT2D eigenvalue weighted by Gasteiger charge is 2.13. The van der Waals surface area contributed by atoms with E-state index in [9.17, 15) is 18.3 Å². The van der Waals surface area contributed by atoms with Crippen LogP contribution in [0.2, 0.25) is 0 Å². The predicted octanol–water partition coefficient (Wildman–Crippen LogP) is 3.69. The van der Waals surface area contributed by atoms with Crippen molar-refractivity contribution in [1.82, 2.24) is 0 Å². The van der Waals surface area contributed by atoms with E-state index in [4.69, 9.17) is 0 Å². The predicted molar refractivity (Wildman–Crippen MR) is 66.2 cm³/mol. The van der Waals surface area contributed by atoms with Crippen molar-refractivity contribution in [3.8, 4) is 0 Å². The smallest absolute Gasteiger partial charge is 0.126 e. The molecule has 1 nitrogen and oxygen atoms in total. The van der Waals surface area contributed by atoms with Crippen LogP contribution < -0.4 is 0 Å². The lowest BCUT2D eigenvalue weighted by Crippen LogP contribution is -2.04. The maximum absolute atomic E-state index is 13.5. The van der Waals surface area contributed by atoms with Crippen LogP contribution in [0.3, 0.4) is 0 Å². The molecule has 2 rings (SSSR count). The Balaban J connectivity index is 2.22. The Morgan fingerprint density at radius 2 is 1.68 bits per heavy atom. The van der Waals surface area contributed by atoms with Gasteiger partial charge in [0.15, 0.2) is 0 Å². The average Bonchev–Trinajstić information content (AvgIpc) is 2.37. The monoisotopic (exact) mass is 266 g/mol. The van der Waals surface area contributed by atoms with E-state index in [2.05, 4.69) is 0 Å². The molecule has 1 atom stereocenters. The van der Waals surface area contributed by atoms with E-state index in [-0.39, 0.29) is 17.8 Å². The van der Waals surface area contributed by atoms with Crippen LogP contribution in [0.25, 0.3) is 0 Å². The summed E-state index contributed by atoms with van der Waals surface area (Å²) < 4.78 is 39.6. The zero-order chi connectivity index (χ0) is 14.0. The van der Waals surface area contributed by atoms with Gasteiger partial charge >= 0.3 is 0 Å². The zero-order valence-electron chi connectivity index (χ0n) is 10.3. The molecular formula is C15H13F3O. The number of benzene rings is 2. The van der Waals surface area contributed by atoms with Crippen LogP contribution in [0.4, 0.5) is 13.2 Å². The molecule has 0 amide bonds. The minimum absolute atomic E-state index is 0.0608. The van der Waals surface area contributed by atoms with Gasteiger partial charge in [0.05, 0.1) is 6.10 Å². The summed E-state index contributed by atoms with van der Waals surface area (Å²) in [5.41, 5.74) is 0.966. The number of rotatable bonds is 3. The summed E-state index contributed by atoms with van der Waals surface area (Å²) >= 11 is 0. The van der Waals surface area contributed by atoms with Crippen molar-refractivity contribution in [2.24, 2.45) is 0 Å². The standard InChI is InChI=1S/C15H13F3O/c1-9-6-10(2-4-13(9)17)15(19)8-11-7-12(16)3-5-14(11)18/h2-7,15,19H,8H2,1H3. The summed E-state index contributed by atoms with van der Waals surface area (Å²) in [6.45, 7) is 1.58. The number of aliphatic hydroxyl groups excluding tert-OH is 1. The second-order valence-corrected chi connectivity index (χ2v) is 4.46. The second kappa shape index (κ2) is 5.45. The Morgan fingerprint density at radius 3 is 2.37 bits per heavy atom. The summed E-state index contributed by atoms with van der Waals surface area (Å²) in [5.74, 6) is -1.49. The van der Waals surface area contributed by atoms with Gasteiger partial charge in [0.2, 0.25) is 0 Å². The Bertz CT molecular complexity index is 596. The topological polar surface area (TPSA) is 20.2 Å². The summed E-state index contributed by atoms with van der Waals surface area (Å²) in [6, 6.07) is 7.27. The van der Waals surface area contributed by atoms with Crippen LogP contribution in [0, 0.1) is 24.4 Å². The van der Waals surface area contributed by atoms with E-state index < -0.39 is 17.7 Å². The number of aryl methyl sites for hydroxylation is 1. The van der Waals surface area contributed by atoms with Crippen LogP contribution >= 0.6 is 0 Å². The lowest BCUT2D eigenvalue weighted by Gasteiger charge is -2.12. The number of aliphatic hydroxyl groups is 1. The molecule has 0 aromatic heterocycles. The van der Waals surface area contributed by atoms with E-state index in [1.165, 1.54) is 18.2 Å². The van der Waals surface area contributed by atoms with Gasteiger partial charge in [-0.15, -0.1) is 0 Å². The largest absolute Gasteiger partial charge is 0.388 e. The first kappa shape index (κ1) is 13.6. The van der Waals surface area contributed by atoms with Crippen molar-refractivity contribution in [2.45, 2.75) is 19.4 Å². The molecule has 0 radical (unpaired) electrons. The van der Waals surface area contributed by atoms with Gasteiger partial charge in [-0.05, 0) is 47.9 Å². The highest BCUT2D eigenvalue weighted by Crippen LogP contribution is 2.22. The van der Waals surface area contributed by atoms with Gasteiger partial charge in [0.1, 0.15) is 17.5 Å². The highest BCUT2D eigenvalue weighted by atomic mass is 19.1. The third-order valence-corrected chi connectivity index (χ3v) is 2.99. The van der Waals surface area contributed by atoms with E-state index in [0.717, 1.165) is 18.2 Å². The van der Waals surface area contributed by atoms with Gasteiger partial charge in [-0.3, -0.25) is 0 Å². The fourth-order valence-electron chi connectivity index (χ4n) is 1.90. The maximum atomic E-state index is 13.5. The molecule has 2 aromatic carbocycles. The SMILES string of the molecule is Cc1cc(C(O)Cc2cc(F)ccc2F)ccc1F. The molecule has 100 valence electrons. The molecule has 0 aliphatic rings. The molecular weight excluding hydrogens is 253 g/mol. The number of hydrogen-bond donors (Lipinski definition) is 1. The number of hydrogen-bond acceptors (Lipinski definition) is 1. The van der Waals surface area contributed by atoms with Crippen LogP contribution in [0.1, 0.15) is 22.8 Å². The summed E-state index contributed by atoms with van der Waals surface area (Å²) in [7, 11) is 0. The first-order valence-corrected chi connectivity index (χ1v) is 5.85. The van der Waals surface area contributed by atoms with E-state index in [1.807, 2.05) is 0 Å². The normalized spacial score (nSPS) is 12.5. The minimum Gasteiger partial charge on any atom is -0.388 e. The van der Waals surface area contributed by atoms with Crippen molar-refractivity contribution in [2.75, 3.05) is 0 Å². The lowest BCUT2D eigenvalue weighted by molar-refractivity contribution is 0.177. The molecule has 2 aromatic rings. The van der Waals surface area contributed by atoms with E-state index in [0.29, 0.717) is 11.1 Å². The first-order chi connectivity index (χ1) is 8.97. The van der Waals surface area contributed by atoms with Gasteiger partial charge in [-0.25, -0.2) is 13.2 Å².